The first-order valence-electron chi connectivity index (χ1n) is 9.27. The van der Waals surface area contributed by atoms with Crippen LogP contribution in [-0.2, 0) is 0 Å². The molecule has 0 atom stereocenters. The largest absolute Gasteiger partial charge is 0.497 e. The quantitative estimate of drug-likeness (QED) is 0.579. The van der Waals surface area contributed by atoms with E-state index in [-0.39, 0.29) is 19.4 Å². The lowest BCUT2D eigenvalue weighted by Crippen LogP contribution is -2.32. The molecule has 2 N–H and O–H groups in total. The molecule has 0 aliphatic carbocycles. The van der Waals surface area contributed by atoms with Crippen molar-refractivity contribution in [1.82, 2.24) is 15.5 Å². The number of nitrogens with zero attached hydrogens (tertiary/aromatic N) is 2. The van der Waals surface area contributed by atoms with Gasteiger partial charge in [0, 0.05) is 23.4 Å². The fourth-order valence-electron chi connectivity index (χ4n) is 2.78. The number of methoxy groups -OCH3 is 1. The Balaban J connectivity index is 1.21. The molecular formula is C21H20N4O5. The molecule has 30 heavy (non-hydrogen) atoms. The summed E-state index contributed by atoms with van der Waals surface area (Å²) >= 11 is 0. The molecule has 2 heterocycles. The zero-order chi connectivity index (χ0) is 20.8. The summed E-state index contributed by atoms with van der Waals surface area (Å²) in [5.74, 6) is 2.42. The van der Waals surface area contributed by atoms with Gasteiger partial charge >= 0.3 is 6.03 Å². The van der Waals surface area contributed by atoms with Crippen molar-refractivity contribution >= 4 is 11.7 Å². The Labute approximate surface area is 172 Å². The van der Waals surface area contributed by atoms with Crippen molar-refractivity contribution in [2.24, 2.45) is 0 Å². The molecule has 9 nitrogen and oxygen atoms in total. The van der Waals surface area contributed by atoms with E-state index in [1.165, 1.54) is 0 Å². The number of hydrogen-bond donors (Lipinski definition) is 2. The maximum atomic E-state index is 12.0. The molecular weight excluding hydrogens is 388 g/mol. The molecule has 1 aliphatic heterocycles. The van der Waals surface area contributed by atoms with Crippen molar-refractivity contribution < 1.29 is 23.7 Å². The first-order chi connectivity index (χ1) is 14.7. The van der Waals surface area contributed by atoms with Gasteiger partial charge in [0.05, 0.1) is 19.3 Å². The fourth-order valence-corrected chi connectivity index (χ4v) is 2.78. The Bertz CT molecular complexity index is 1010. The predicted molar refractivity (Wildman–Crippen MR) is 109 cm³/mol. The number of aromatic nitrogens is 2. The lowest BCUT2D eigenvalue weighted by atomic mass is 10.1. The second-order valence-electron chi connectivity index (χ2n) is 6.28. The molecule has 0 radical (unpaired) electrons. The number of urea groups is 1. The summed E-state index contributed by atoms with van der Waals surface area (Å²) in [6.45, 7) is 0.746. The Morgan fingerprint density at radius 2 is 1.87 bits per heavy atom. The minimum atomic E-state index is -0.349. The van der Waals surface area contributed by atoms with Gasteiger partial charge in [0.2, 0.25) is 12.7 Å². The molecule has 154 valence electrons. The monoisotopic (exact) mass is 408 g/mol. The number of amides is 2. The highest BCUT2D eigenvalue weighted by Gasteiger charge is 2.14. The van der Waals surface area contributed by atoms with Gasteiger partial charge in [-0.25, -0.2) is 4.79 Å². The molecule has 0 fully saturated rings. The topological polar surface area (TPSA) is 104 Å². The highest BCUT2D eigenvalue weighted by molar-refractivity contribution is 5.89. The van der Waals surface area contributed by atoms with Crippen LogP contribution in [0.3, 0.4) is 0 Å². The minimum absolute atomic E-state index is 0.187. The van der Waals surface area contributed by atoms with E-state index in [0.29, 0.717) is 29.6 Å². The van der Waals surface area contributed by atoms with Crippen LogP contribution in [0, 0.1) is 0 Å². The molecule has 0 saturated carbocycles. The zero-order valence-corrected chi connectivity index (χ0v) is 16.3. The molecule has 0 bridgehead atoms. The number of benzene rings is 2. The highest BCUT2D eigenvalue weighted by atomic mass is 16.7. The number of ether oxygens (including phenoxy) is 4. The van der Waals surface area contributed by atoms with Gasteiger partial charge < -0.3 is 29.6 Å². The molecule has 0 spiro atoms. The maximum absolute atomic E-state index is 12.0. The van der Waals surface area contributed by atoms with E-state index in [0.717, 1.165) is 17.0 Å². The molecule has 1 aromatic heterocycles. The Morgan fingerprint density at radius 3 is 2.63 bits per heavy atom. The summed E-state index contributed by atoms with van der Waals surface area (Å²) < 4.78 is 21.2. The molecule has 0 saturated heterocycles. The lowest BCUT2D eigenvalue weighted by molar-refractivity contribution is 0.174. The van der Waals surface area contributed by atoms with E-state index in [2.05, 4.69) is 20.8 Å². The number of rotatable bonds is 7. The Morgan fingerprint density at radius 1 is 1.03 bits per heavy atom. The lowest BCUT2D eigenvalue weighted by Gasteiger charge is -2.09. The van der Waals surface area contributed by atoms with E-state index < -0.39 is 0 Å². The minimum Gasteiger partial charge on any atom is -0.497 e. The van der Waals surface area contributed by atoms with Crippen LogP contribution in [0.4, 0.5) is 10.5 Å². The van der Waals surface area contributed by atoms with Crippen molar-refractivity contribution in [3.8, 4) is 34.4 Å². The van der Waals surface area contributed by atoms with Crippen LogP contribution in [0.1, 0.15) is 0 Å². The van der Waals surface area contributed by atoms with Gasteiger partial charge in [-0.3, -0.25) is 0 Å². The van der Waals surface area contributed by atoms with Crippen LogP contribution >= 0.6 is 0 Å². The number of hydrogen-bond acceptors (Lipinski definition) is 7. The summed E-state index contributed by atoms with van der Waals surface area (Å²) in [5, 5.41) is 13.7. The van der Waals surface area contributed by atoms with Crippen LogP contribution in [0.2, 0.25) is 0 Å². The summed E-state index contributed by atoms with van der Waals surface area (Å²) in [4.78, 5) is 12.0. The number of nitrogens with one attached hydrogen (secondary N) is 2. The molecule has 1 aliphatic rings. The molecule has 2 aromatic carbocycles. The van der Waals surface area contributed by atoms with E-state index in [4.69, 9.17) is 18.9 Å². The van der Waals surface area contributed by atoms with E-state index in [9.17, 15) is 4.79 Å². The number of carbonyl (C=O) groups is 1. The standard InChI is InChI=1S/C21H20N4O5/c1-27-16-5-2-14(3-6-16)17-7-9-20(25-24-17)28-11-10-22-21(26)23-15-4-8-18-19(12-15)30-13-29-18/h2-9,12H,10-11,13H2,1H3,(H2,22,23,26). The van der Waals surface area contributed by atoms with Crippen LogP contribution in [-0.4, -0.2) is 43.3 Å². The normalized spacial score (nSPS) is 11.6. The van der Waals surface area contributed by atoms with E-state index >= 15 is 0 Å². The van der Waals surface area contributed by atoms with Crippen molar-refractivity contribution in [2.75, 3.05) is 32.4 Å². The van der Waals surface area contributed by atoms with Crippen molar-refractivity contribution in [1.29, 1.82) is 0 Å². The van der Waals surface area contributed by atoms with Crippen LogP contribution in [0.25, 0.3) is 11.3 Å². The predicted octanol–water partition coefficient (Wildman–Crippen LogP) is 3.08. The van der Waals surface area contributed by atoms with Crippen LogP contribution < -0.4 is 29.6 Å². The van der Waals surface area contributed by atoms with Gasteiger partial charge in [0.25, 0.3) is 0 Å². The molecule has 3 aromatic rings. The third-order valence-electron chi connectivity index (χ3n) is 4.29. The van der Waals surface area contributed by atoms with E-state index in [1.54, 1.807) is 31.4 Å². The average molecular weight is 408 g/mol. The first-order valence-corrected chi connectivity index (χ1v) is 9.27. The van der Waals surface area contributed by atoms with Crippen molar-refractivity contribution in [3.63, 3.8) is 0 Å². The van der Waals surface area contributed by atoms with E-state index in [1.807, 2.05) is 30.3 Å². The number of carbonyl (C=O) groups excluding carboxylic acids is 1. The van der Waals surface area contributed by atoms with Crippen molar-refractivity contribution in [2.45, 2.75) is 0 Å². The summed E-state index contributed by atoms with van der Waals surface area (Å²) in [6, 6.07) is 15.9. The smallest absolute Gasteiger partial charge is 0.319 e. The molecule has 0 unspecified atom stereocenters. The zero-order valence-electron chi connectivity index (χ0n) is 16.3. The summed E-state index contributed by atoms with van der Waals surface area (Å²) in [7, 11) is 1.62. The first kappa shape index (κ1) is 19.3. The molecule has 2 amide bonds. The van der Waals surface area contributed by atoms with Crippen molar-refractivity contribution in [3.05, 3.63) is 54.6 Å². The Hall–Kier alpha value is -4.01. The van der Waals surface area contributed by atoms with Crippen LogP contribution in [0.15, 0.2) is 54.6 Å². The third kappa shape index (κ3) is 4.69. The Kier molecular flexibility index (Phi) is 5.79. The van der Waals surface area contributed by atoms with Crippen LogP contribution in [0.5, 0.6) is 23.1 Å². The fraction of sp³-hybridized carbons (Fsp3) is 0.190. The second kappa shape index (κ2) is 8.99. The summed E-state index contributed by atoms with van der Waals surface area (Å²) in [6.07, 6.45) is 0. The SMILES string of the molecule is COc1ccc(-c2ccc(OCCNC(=O)Nc3ccc4c(c3)OCO4)nn2)cc1. The van der Waals surface area contributed by atoms with Gasteiger partial charge in [-0.1, -0.05) is 0 Å². The number of anilines is 1. The second-order valence-corrected chi connectivity index (χ2v) is 6.28. The van der Waals surface area contributed by atoms with Gasteiger partial charge in [0.1, 0.15) is 12.4 Å². The summed E-state index contributed by atoms with van der Waals surface area (Å²) in [5.41, 5.74) is 2.26. The van der Waals surface area contributed by atoms with Gasteiger partial charge in [-0.2, -0.15) is 0 Å². The van der Waals surface area contributed by atoms with Gasteiger partial charge in [-0.15, -0.1) is 10.2 Å². The van der Waals surface area contributed by atoms with Gasteiger partial charge in [0.15, 0.2) is 11.5 Å². The number of fused-ring (bicyclic) bond motifs is 1. The molecule has 4 rings (SSSR count). The maximum Gasteiger partial charge on any atom is 0.319 e. The average Bonchev–Trinajstić information content (AvgIpc) is 3.25. The van der Waals surface area contributed by atoms with Gasteiger partial charge in [-0.05, 0) is 42.5 Å². The highest BCUT2D eigenvalue weighted by Crippen LogP contribution is 2.34. The molecule has 9 heteroatoms. The third-order valence-corrected chi connectivity index (χ3v) is 4.29.